The van der Waals surface area contributed by atoms with Gasteiger partial charge in [0, 0.05) is 7.26 Å². The molecule has 0 radical (unpaired) electrons. The summed E-state index contributed by atoms with van der Waals surface area (Å²) in [7, 11) is -1.31. The van der Waals surface area contributed by atoms with E-state index in [1.54, 1.807) is 0 Å². The maximum atomic E-state index is 11.7. The second-order valence-electron chi connectivity index (χ2n) is 6.97. The SMILES string of the molecule is CCCC[P+](CCCC)(CCCC)C(CC(=O)O)c1ccccc1.[F-]. The van der Waals surface area contributed by atoms with Crippen LogP contribution < -0.4 is 4.70 Å². The van der Waals surface area contributed by atoms with Gasteiger partial charge in [0.05, 0.1) is 24.9 Å². The maximum absolute atomic E-state index is 11.7. The molecule has 0 spiro atoms. The van der Waals surface area contributed by atoms with Gasteiger partial charge in [-0.15, -0.1) is 0 Å². The highest BCUT2D eigenvalue weighted by Crippen LogP contribution is 2.72. The molecule has 0 aliphatic carbocycles. The molecule has 144 valence electrons. The minimum Gasteiger partial charge on any atom is -1.00 e. The first kappa shape index (κ1) is 24.1. The highest BCUT2D eigenvalue weighted by Gasteiger charge is 2.45. The van der Waals surface area contributed by atoms with Gasteiger partial charge in [-0.2, -0.15) is 0 Å². The van der Waals surface area contributed by atoms with Crippen LogP contribution in [0, 0.1) is 0 Å². The molecule has 0 heterocycles. The van der Waals surface area contributed by atoms with E-state index in [2.05, 4.69) is 45.0 Å². The van der Waals surface area contributed by atoms with Crippen molar-refractivity contribution in [2.75, 3.05) is 18.5 Å². The summed E-state index contributed by atoms with van der Waals surface area (Å²) in [5.41, 5.74) is 1.50. The van der Waals surface area contributed by atoms with E-state index in [1.165, 1.54) is 62.6 Å². The number of halogens is 1. The molecular weight excluding hydrogens is 334 g/mol. The zero-order chi connectivity index (χ0) is 17.8. The summed E-state index contributed by atoms with van der Waals surface area (Å²) in [6, 6.07) is 10.5. The van der Waals surface area contributed by atoms with Crippen LogP contribution in [0.3, 0.4) is 0 Å². The zero-order valence-electron chi connectivity index (χ0n) is 16.2. The summed E-state index contributed by atoms with van der Waals surface area (Å²) in [5.74, 6) is -0.641. The molecular formula is C21H36FO2P. The standard InChI is InChI=1S/C21H35O2P.FH/c1-4-7-15-24(16-8-5-2,17-9-6-3)20(18-21(22)23)19-13-11-10-12-14-19;/h10-14,20H,4-9,15-18H2,1-3H3;1H. The molecule has 2 nitrogen and oxygen atoms in total. The van der Waals surface area contributed by atoms with Gasteiger partial charge in [0.1, 0.15) is 5.66 Å². The van der Waals surface area contributed by atoms with Crippen LogP contribution in [0.1, 0.15) is 76.9 Å². The molecule has 1 unspecified atom stereocenters. The molecule has 1 atom stereocenters. The highest BCUT2D eigenvalue weighted by molar-refractivity contribution is 7.76. The number of benzene rings is 1. The molecule has 0 fully saturated rings. The Bertz CT molecular complexity index is 442. The summed E-state index contributed by atoms with van der Waals surface area (Å²) in [4.78, 5) is 11.7. The van der Waals surface area contributed by atoms with Gasteiger partial charge in [-0.1, -0.05) is 70.4 Å². The Morgan fingerprint density at radius 3 is 1.72 bits per heavy atom. The van der Waals surface area contributed by atoms with Crippen LogP contribution >= 0.6 is 7.26 Å². The monoisotopic (exact) mass is 370 g/mol. The Morgan fingerprint density at radius 1 is 0.920 bits per heavy atom. The fourth-order valence-electron chi connectivity index (χ4n) is 3.69. The van der Waals surface area contributed by atoms with Crippen molar-refractivity contribution in [2.24, 2.45) is 0 Å². The van der Waals surface area contributed by atoms with Gasteiger partial charge in [0.15, 0.2) is 0 Å². The minimum atomic E-state index is -1.31. The topological polar surface area (TPSA) is 37.3 Å². The third-order valence-electron chi connectivity index (χ3n) is 5.08. The number of hydrogen-bond acceptors (Lipinski definition) is 1. The lowest BCUT2D eigenvalue weighted by atomic mass is 10.1. The highest BCUT2D eigenvalue weighted by atomic mass is 31.2. The van der Waals surface area contributed by atoms with E-state index < -0.39 is 13.2 Å². The normalized spacial score (nSPS) is 12.4. The first-order valence-corrected chi connectivity index (χ1v) is 12.1. The van der Waals surface area contributed by atoms with Crippen LogP contribution in [0.5, 0.6) is 0 Å². The summed E-state index contributed by atoms with van der Waals surface area (Å²) in [5, 5.41) is 9.60. The van der Waals surface area contributed by atoms with Crippen molar-refractivity contribution in [3.05, 3.63) is 35.9 Å². The molecule has 0 saturated carbocycles. The quantitative estimate of drug-likeness (QED) is 0.539. The van der Waals surface area contributed by atoms with E-state index in [4.69, 9.17) is 0 Å². The van der Waals surface area contributed by atoms with E-state index in [-0.39, 0.29) is 10.4 Å². The van der Waals surface area contributed by atoms with Gasteiger partial charge >= 0.3 is 5.97 Å². The lowest BCUT2D eigenvalue weighted by molar-refractivity contribution is -0.137. The summed E-state index contributed by atoms with van der Waals surface area (Å²) in [6.07, 6.45) is 11.4. The number of rotatable bonds is 13. The van der Waals surface area contributed by atoms with Crippen LogP contribution in [0.4, 0.5) is 0 Å². The van der Waals surface area contributed by atoms with Crippen LogP contribution in [0.2, 0.25) is 0 Å². The molecule has 0 aromatic heterocycles. The van der Waals surface area contributed by atoms with Gasteiger partial charge in [-0.3, -0.25) is 4.79 Å². The Balaban J connectivity index is 0.00000576. The first-order valence-electron chi connectivity index (χ1n) is 9.72. The van der Waals surface area contributed by atoms with Gasteiger partial charge in [0.25, 0.3) is 0 Å². The van der Waals surface area contributed by atoms with Gasteiger partial charge < -0.3 is 9.81 Å². The molecule has 0 aliphatic heterocycles. The lowest BCUT2D eigenvalue weighted by Crippen LogP contribution is -3.00. The van der Waals surface area contributed by atoms with Crippen molar-refractivity contribution in [2.45, 2.75) is 71.4 Å². The summed E-state index contributed by atoms with van der Waals surface area (Å²) in [6.45, 7) is 6.76. The Kier molecular flexibility index (Phi) is 12.8. The maximum Gasteiger partial charge on any atom is 0.307 e. The molecule has 0 bridgehead atoms. The molecule has 1 aromatic rings. The molecule has 0 saturated heterocycles. The smallest absolute Gasteiger partial charge is 0.307 e. The fourth-order valence-corrected chi connectivity index (χ4v) is 9.48. The second-order valence-corrected chi connectivity index (χ2v) is 11.4. The van der Waals surface area contributed by atoms with Crippen molar-refractivity contribution in [1.82, 2.24) is 0 Å². The number of carbonyl (C=O) groups is 1. The molecule has 4 heteroatoms. The second kappa shape index (κ2) is 13.3. The molecule has 0 amide bonds. The lowest BCUT2D eigenvalue weighted by Gasteiger charge is -2.35. The average molecular weight is 370 g/mol. The van der Waals surface area contributed by atoms with Gasteiger partial charge in [-0.05, 0) is 24.8 Å². The van der Waals surface area contributed by atoms with E-state index in [0.717, 1.165) is 0 Å². The third-order valence-corrected chi connectivity index (χ3v) is 10.5. The molecule has 1 aromatic carbocycles. The van der Waals surface area contributed by atoms with Crippen LogP contribution in [0.25, 0.3) is 0 Å². The largest absolute Gasteiger partial charge is 1.00 e. The van der Waals surface area contributed by atoms with Gasteiger partial charge in [-0.25, -0.2) is 0 Å². The van der Waals surface area contributed by atoms with Crippen molar-refractivity contribution in [1.29, 1.82) is 0 Å². The fraction of sp³-hybridized carbons (Fsp3) is 0.667. The van der Waals surface area contributed by atoms with Crippen LogP contribution in [-0.4, -0.2) is 29.6 Å². The van der Waals surface area contributed by atoms with Crippen LogP contribution in [0.15, 0.2) is 30.3 Å². The number of hydrogen-bond donors (Lipinski definition) is 1. The van der Waals surface area contributed by atoms with E-state index in [9.17, 15) is 9.90 Å². The average Bonchev–Trinajstić information content (AvgIpc) is 2.60. The Labute approximate surface area is 154 Å². The number of carboxylic acids is 1. The van der Waals surface area contributed by atoms with Crippen molar-refractivity contribution in [3.8, 4) is 0 Å². The van der Waals surface area contributed by atoms with Crippen LogP contribution in [-0.2, 0) is 4.79 Å². The summed E-state index contributed by atoms with van der Waals surface area (Å²) < 4.78 is 0. The van der Waals surface area contributed by atoms with E-state index >= 15 is 0 Å². The number of unbranched alkanes of at least 4 members (excludes halogenated alkanes) is 3. The minimum absolute atomic E-state index is 0. The zero-order valence-corrected chi connectivity index (χ0v) is 17.1. The van der Waals surface area contributed by atoms with E-state index in [0.29, 0.717) is 6.42 Å². The Hall–Kier alpha value is -0.950. The predicted octanol–water partition coefficient (Wildman–Crippen LogP) is 3.62. The molecule has 1 N–H and O–H groups in total. The van der Waals surface area contributed by atoms with Gasteiger partial charge in [0.2, 0.25) is 0 Å². The molecule has 25 heavy (non-hydrogen) atoms. The molecule has 1 rings (SSSR count). The van der Waals surface area contributed by atoms with E-state index in [1.807, 2.05) is 6.07 Å². The number of aliphatic carboxylic acids is 1. The third kappa shape index (κ3) is 7.86. The van der Waals surface area contributed by atoms with Crippen molar-refractivity contribution < 1.29 is 14.6 Å². The Morgan fingerprint density at radius 2 is 1.36 bits per heavy atom. The number of carboxylic acid groups (broad SMARTS) is 1. The predicted molar refractivity (Wildman–Crippen MR) is 108 cm³/mol. The first-order chi connectivity index (χ1) is 11.6. The van der Waals surface area contributed by atoms with Crippen molar-refractivity contribution >= 4 is 13.2 Å². The van der Waals surface area contributed by atoms with Crippen molar-refractivity contribution in [3.63, 3.8) is 0 Å². The molecule has 0 aliphatic rings. The summed E-state index contributed by atoms with van der Waals surface area (Å²) >= 11 is 0.